The third-order valence-electron chi connectivity index (χ3n) is 4.30. The van der Waals surface area contributed by atoms with Crippen molar-refractivity contribution in [1.82, 2.24) is 24.8 Å². The van der Waals surface area contributed by atoms with E-state index < -0.39 is 5.91 Å². The van der Waals surface area contributed by atoms with Gasteiger partial charge in [0.1, 0.15) is 12.2 Å². The van der Waals surface area contributed by atoms with Crippen LogP contribution in [0.3, 0.4) is 0 Å². The van der Waals surface area contributed by atoms with E-state index in [0.29, 0.717) is 11.3 Å². The molecule has 4 aromatic rings. The van der Waals surface area contributed by atoms with Crippen molar-refractivity contribution in [1.29, 1.82) is 0 Å². The molecule has 148 valence electrons. The van der Waals surface area contributed by atoms with Crippen LogP contribution in [0, 0.1) is 0 Å². The van der Waals surface area contributed by atoms with Crippen LogP contribution in [0.2, 0.25) is 0 Å². The van der Waals surface area contributed by atoms with E-state index in [9.17, 15) is 9.59 Å². The first-order valence-electron chi connectivity index (χ1n) is 9.23. The highest BCUT2D eigenvalue weighted by atomic mass is 16.2. The molecule has 0 saturated carbocycles. The quantitative estimate of drug-likeness (QED) is 0.398. The van der Waals surface area contributed by atoms with E-state index in [1.807, 2.05) is 48.7 Å². The average molecular weight is 398 g/mol. The van der Waals surface area contributed by atoms with E-state index >= 15 is 0 Å². The van der Waals surface area contributed by atoms with Gasteiger partial charge in [0.2, 0.25) is 0 Å². The molecule has 0 saturated heterocycles. The molecule has 3 heterocycles. The minimum atomic E-state index is -0.405. The zero-order chi connectivity index (χ0) is 20.8. The van der Waals surface area contributed by atoms with Crippen LogP contribution in [-0.2, 0) is 11.3 Å². The minimum absolute atomic E-state index is 0.115. The molecule has 0 aliphatic heterocycles. The Morgan fingerprint density at radius 3 is 2.67 bits per heavy atom. The molecule has 4 rings (SSSR count). The number of pyridine rings is 2. The number of nitrogens with one attached hydrogen (secondary N) is 1. The van der Waals surface area contributed by atoms with Gasteiger partial charge in [0.25, 0.3) is 11.5 Å². The maximum atomic E-state index is 12.1. The van der Waals surface area contributed by atoms with Gasteiger partial charge in [-0.15, -0.1) is 0 Å². The molecule has 0 atom stereocenters. The lowest BCUT2D eigenvalue weighted by Gasteiger charge is -2.03. The number of rotatable bonds is 6. The zero-order valence-electron chi connectivity index (χ0n) is 15.9. The molecule has 0 aliphatic rings. The minimum Gasteiger partial charge on any atom is -0.306 e. The van der Waals surface area contributed by atoms with Gasteiger partial charge in [0.05, 0.1) is 11.9 Å². The Bertz CT molecular complexity index is 1230. The van der Waals surface area contributed by atoms with Gasteiger partial charge in [-0.25, -0.2) is 10.1 Å². The summed E-state index contributed by atoms with van der Waals surface area (Å²) in [7, 11) is 0. The van der Waals surface area contributed by atoms with Gasteiger partial charge in [0.15, 0.2) is 0 Å². The molecule has 3 aromatic heterocycles. The van der Waals surface area contributed by atoms with Gasteiger partial charge in [-0.2, -0.15) is 10.2 Å². The molecule has 1 amide bonds. The molecule has 0 fully saturated rings. The van der Waals surface area contributed by atoms with Crippen molar-refractivity contribution in [3.8, 4) is 16.9 Å². The summed E-state index contributed by atoms with van der Waals surface area (Å²) >= 11 is 0. The van der Waals surface area contributed by atoms with Crippen molar-refractivity contribution in [3.63, 3.8) is 0 Å². The standard InChI is InChI=1S/C22H18N6O2/c29-20(16-27-12-5-4-10-21(27)30)25-24-14-18-15-28(19-8-2-1-3-9-19)26-22(18)17-7-6-11-23-13-17/h1-15H,16H2,(H,25,29)/b24-14-. The van der Waals surface area contributed by atoms with Crippen LogP contribution in [0.5, 0.6) is 0 Å². The lowest BCUT2D eigenvalue weighted by Crippen LogP contribution is -2.28. The molecule has 30 heavy (non-hydrogen) atoms. The zero-order valence-corrected chi connectivity index (χ0v) is 15.9. The topological polar surface area (TPSA) is 94.2 Å². The molecule has 0 unspecified atom stereocenters. The molecular weight excluding hydrogens is 380 g/mol. The van der Waals surface area contributed by atoms with Crippen molar-refractivity contribution >= 4 is 12.1 Å². The third kappa shape index (κ3) is 4.39. The fourth-order valence-corrected chi connectivity index (χ4v) is 2.88. The van der Waals surface area contributed by atoms with E-state index in [0.717, 1.165) is 11.3 Å². The number of carbonyl (C=O) groups excluding carboxylic acids is 1. The Hall–Kier alpha value is -4.33. The number of hydrogen-bond acceptors (Lipinski definition) is 5. The van der Waals surface area contributed by atoms with E-state index in [2.05, 4.69) is 20.6 Å². The summed E-state index contributed by atoms with van der Waals surface area (Å²) in [5.41, 5.74) is 5.33. The van der Waals surface area contributed by atoms with Crippen LogP contribution in [0.15, 0.2) is 95.3 Å². The smallest absolute Gasteiger partial charge is 0.260 e. The molecule has 0 aliphatic carbocycles. The van der Waals surface area contributed by atoms with Gasteiger partial charge in [-0.1, -0.05) is 24.3 Å². The Kier molecular flexibility index (Phi) is 5.56. The van der Waals surface area contributed by atoms with Crippen LogP contribution in [0.4, 0.5) is 0 Å². The number of amides is 1. The van der Waals surface area contributed by atoms with E-state index in [1.165, 1.54) is 16.8 Å². The first kappa shape index (κ1) is 19.0. The third-order valence-corrected chi connectivity index (χ3v) is 4.30. The lowest BCUT2D eigenvalue weighted by atomic mass is 10.1. The Morgan fingerprint density at radius 2 is 1.90 bits per heavy atom. The molecular formula is C22H18N6O2. The second kappa shape index (κ2) is 8.78. The summed E-state index contributed by atoms with van der Waals surface area (Å²) in [5.74, 6) is -0.405. The predicted molar refractivity (Wildman–Crippen MR) is 113 cm³/mol. The van der Waals surface area contributed by atoms with Crippen LogP contribution in [-0.4, -0.2) is 31.5 Å². The van der Waals surface area contributed by atoms with Crippen LogP contribution in [0.1, 0.15) is 5.56 Å². The Balaban J connectivity index is 1.56. The average Bonchev–Trinajstić information content (AvgIpc) is 3.21. The van der Waals surface area contributed by atoms with Crippen molar-refractivity contribution in [2.75, 3.05) is 0 Å². The fourth-order valence-electron chi connectivity index (χ4n) is 2.88. The number of benzene rings is 1. The molecule has 8 heteroatoms. The van der Waals surface area contributed by atoms with Crippen LogP contribution < -0.4 is 11.0 Å². The summed E-state index contributed by atoms with van der Waals surface area (Å²) in [6.45, 7) is -0.115. The number of hydrogen-bond donors (Lipinski definition) is 1. The molecule has 0 radical (unpaired) electrons. The van der Waals surface area contributed by atoms with Gasteiger partial charge in [-0.3, -0.25) is 14.6 Å². The van der Waals surface area contributed by atoms with E-state index in [4.69, 9.17) is 0 Å². The lowest BCUT2D eigenvalue weighted by molar-refractivity contribution is -0.121. The maximum absolute atomic E-state index is 12.1. The highest BCUT2D eigenvalue weighted by Gasteiger charge is 2.11. The molecule has 0 bridgehead atoms. The first-order valence-corrected chi connectivity index (χ1v) is 9.23. The van der Waals surface area contributed by atoms with Crippen molar-refractivity contribution in [2.45, 2.75) is 6.54 Å². The largest absolute Gasteiger partial charge is 0.306 e. The fraction of sp³-hybridized carbons (Fsp3) is 0.0455. The highest BCUT2D eigenvalue weighted by Crippen LogP contribution is 2.21. The molecule has 8 nitrogen and oxygen atoms in total. The second-order valence-electron chi connectivity index (χ2n) is 6.41. The number of para-hydroxylation sites is 1. The van der Waals surface area contributed by atoms with Crippen LogP contribution in [0.25, 0.3) is 16.9 Å². The number of nitrogens with zero attached hydrogens (tertiary/aromatic N) is 5. The van der Waals surface area contributed by atoms with Gasteiger partial charge < -0.3 is 4.57 Å². The molecule has 0 spiro atoms. The SMILES string of the molecule is O=C(Cn1ccccc1=O)N/N=C\c1cn(-c2ccccc2)nc1-c1cccnc1. The summed E-state index contributed by atoms with van der Waals surface area (Å²) in [6.07, 6.45) is 8.32. The summed E-state index contributed by atoms with van der Waals surface area (Å²) < 4.78 is 3.05. The molecule has 1 N–H and O–H groups in total. The monoisotopic (exact) mass is 398 g/mol. The first-order chi connectivity index (χ1) is 14.7. The summed E-state index contributed by atoms with van der Waals surface area (Å²) in [5, 5.41) is 8.70. The van der Waals surface area contributed by atoms with Crippen molar-refractivity contribution < 1.29 is 4.79 Å². The number of hydrazone groups is 1. The Labute approximate surface area is 172 Å². The number of carbonyl (C=O) groups is 1. The number of aromatic nitrogens is 4. The Morgan fingerprint density at radius 1 is 1.07 bits per heavy atom. The molecule has 1 aromatic carbocycles. The van der Waals surface area contributed by atoms with Crippen LogP contribution >= 0.6 is 0 Å². The highest BCUT2D eigenvalue weighted by molar-refractivity contribution is 5.89. The second-order valence-corrected chi connectivity index (χ2v) is 6.41. The summed E-state index contributed by atoms with van der Waals surface area (Å²) in [6, 6.07) is 18.1. The normalized spacial score (nSPS) is 10.9. The van der Waals surface area contributed by atoms with E-state index in [1.54, 1.807) is 35.4 Å². The van der Waals surface area contributed by atoms with Gasteiger partial charge >= 0.3 is 0 Å². The van der Waals surface area contributed by atoms with Gasteiger partial charge in [-0.05, 0) is 30.3 Å². The van der Waals surface area contributed by atoms with E-state index in [-0.39, 0.29) is 12.1 Å². The summed E-state index contributed by atoms with van der Waals surface area (Å²) in [4.78, 5) is 28.0. The van der Waals surface area contributed by atoms with Crippen molar-refractivity contribution in [3.05, 3.63) is 101 Å². The van der Waals surface area contributed by atoms with Crippen molar-refractivity contribution in [2.24, 2.45) is 5.10 Å². The predicted octanol–water partition coefficient (Wildman–Crippen LogP) is 2.25. The van der Waals surface area contributed by atoms with Gasteiger partial charge in [0, 0.05) is 42.0 Å². The maximum Gasteiger partial charge on any atom is 0.260 e.